The number of amides is 1. The maximum Gasteiger partial charge on any atom is 0.240 e. The van der Waals surface area contributed by atoms with Gasteiger partial charge in [0.15, 0.2) is 0 Å². The number of nitrogens with zero attached hydrogens (tertiary/aromatic N) is 2. The van der Waals surface area contributed by atoms with E-state index in [0.717, 1.165) is 44.3 Å². The first kappa shape index (κ1) is 26.9. The SMILES string of the molecule is CCCC[C@H]1CN(CCc2ccc(Cl)c(Cl)c2)[C@H](C)CN1C(=O)C(N)Cc1ccc2ccccc2c1. The number of halogens is 2. The number of hydrogen-bond acceptors (Lipinski definition) is 3. The summed E-state index contributed by atoms with van der Waals surface area (Å²) in [6.45, 7) is 6.91. The third-order valence-electron chi connectivity index (χ3n) is 7.40. The first-order valence-electron chi connectivity index (χ1n) is 13.1. The molecule has 36 heavy (non-hydrogen) atoms. The number of unbranched alkanes of at least 4 members (excludes halogenated alkanes) is 1. The van der Waals surface area contributed by atoms with Crippen LogP contribution in [0.25, 0.3) is 10.8 Å². The van der Waals surface area contributed by atoms with Crippen molar-refractivity contribution in [2.75, 3.05) is 19.6 Å². The van der Waals surface area contributed by atoms with Crippen molar-refractivity contribution in [3.63, 3.8) is 0 Å². The number of fused-ring (bicyclic) bond motifs is 1. The lowest BCUT2D eigenvalue weighted by atomic mass is 9.97. The normalized spacial score (nSPS) is 19.5. The number of rotatable bonds is 9. The molecule has 1 aliphatic rings. The predicted octanol–water partition coefficient (Wildman–Crippen LogP) is 6.35. The van der Waals surface area contributed by atoms with E-state index in [-0.39, 0.29) is 18.0 Å². The molecule has 0 aliphatic carbocycles. The van der Waals surface area contributed by atoms with E-state index < -0.39 is 6.04 Å². The number of hydrogen-bond donors (Lipinski definition) is 1. The lowest BCUT2D eigenvalue weighted by Gasteiger charge is -2.46. The zero-order valence-corrected chi connectivity index (χ0v) is 22.8. The summed E-state index contributed by atoms with van der Waals surface area (Å²) in [5.74, 6) is 0.0697. The fraction of sp³-hybridized carbons (Fsp3) is 0.433. The first-order valence-corrected chi connectivity index (χ1v) is 13.8. The Morgan fingerprint density at radius 2 is 1.75 bits per heavy atom. The van der Waals surface area contributed by atoms with E-state index in [0.29, 0.717) is 23.0 Å². The summed E-state index contributed by atoms with van der Waals surface area (Å²) in [4.78, 5) is 18.2. The van der Waals surface area contributed by atoms with Crippen LogP contribution in [0.1, 0.15) is 44.2 Å². The molecule has 1 unspecified atom stereocenters. The van der Waals surface area contributed by atoms with Gasteiger partial charge in [-0.2, -0.15) is 0 Å². The van der Waals surface area contributed by atoms with Crippen molar-refractivity contribution in [1.82, 2.24) is 9.80 Å². The van der Waals surface area contributed by atoms with E-state index in [1.54, 1.807) is 0 Å². The molecule has 1 aliphatic heterocycles. The summed E-state index contributed by atoms with van der Waals surface area (Å²) in [7, 11) is 0. The van der Waals surface area contributed by atoms with Gasteiger partial charge in [0.1, 0.15) is 0 Å². The van der Waals surface area contributed by atoms with Crippen LogP contribution in [0.5, 0.6) is 0 Å². The molecule has 0 aromatic heterocycles. The third kappa shape index (κ3) is 6.60. The maximum absolute atomic E-state index is 13.6. The van der Waals surface area contributed by atoms with Crippen LogP contribution in [0.3, 0.4) is 0 Å². The van der Waals surface area contributed by atoms with E-state index in [4.69, 9.17) is 28.9 Å². The number of benzene rings is 3. The lowest BCUT2D eigenvalue weighted by molar-refractivity contribution is -0.139. The smallest absolute Gasteiger partial charge is 0.240 e. The van der Waals surface area contributed by atoms with Gasteiger partial charge in [0.25, 0.3) is 0 Å². The van der Waals surface area contributed by atoms with Crippen molar-refractivity contribution in [1.29, 1.82) is 0 Å². The molecular weight excluding hydrogens is 489 g/mol. The van der Waals surface area contributed by atoms with E-state index in [9.17, 15) is 4.79 Å². The van der Waals surface area contributed by atoms with Gasteiger partial charge in [0.05, 0.1) is 16.1 Å². The van der Waals surface area contributed by atoms with E-state index >= 15 is 0 Å². The molecule has 4 rings (SSSR count). The van der Waals surface area contributed by atoms with Crippen molar-refractivity contribution in [3.8, 4) is 0 Å². The van der Waals surface area contributed by atoms with Crippen molar-refractivity contribution >= 4 is 39.9 Å². The minimum Gasteiger partial charge on any atom is -0.336 e. The van der Waals surface area contributed by atoms with Gasteiger partial charge in [-0.1, -0.05) is 91.5 Å². The van der Waals surface area contributed by atoms with Crippen LogP contribution in [0, 0.1) is 0 Å². The second-order valence-electron chi connectivity index (χ2n) is 10.1. The molecule has 1 fully saturated rings. The van der Waals surface area contributed by atoms with Crippen LogP contribution in [0.15, 0.2) is 60.7 Å². The van der Waals surface area contributed by atoms with Gasteiger partial charge in [0, 0.05) is 31.7 Å². The molecule has 3 aromatic rings. The van der Waals surface area contributed by atoms with Crippen LogP contribution >= 0.6 is 23.2 Å². The maximum atomic E-state index is 13.6. The summed E-state index contributed by atoms with van der Waals surface area (Å²) in [6, 6.07) is 20.4. The van der Waals surface area contributed by atoms with Crippen molar-refractivity contribution in [3.05, 3.63) is 81.8 Å². The molecular formula is C30H37Cl2N3O. The molecule has 1 amide bonds. The van der Waals surface area contributed by atoms with Gasteiger partial charge >= 0.3 is 0 Å². The van der Waals surface area contributed by atoms with Crippen LogP contribution in [-0.4, -0.2) is 53.5 Å². The largest absolute Gasteiger partial charge is 0.336 e. The molecule has 6 heteroatoms. The van der Waals surface area contributed by atoms with Gasteiger partial charge in [-0.3, -0.25) is 9.69 Å². The molecule has 192 valence electrons. The van der Waals surface area contributed by atoms with Crippen LogP contribution in [0.2, 0.25) is 10.0 Å². The Morgan fingerprint density at radius 3 is 2.50 bits per heavy atom. The van der Waals surface area contributed by atoms with E-state index in [1.165, 1.54) is 16.3 Å². The van der Waals surface area contributed by atoms with Gasteiger partial charge < -0.3 is 10.6 Å². The summed E-state index contributed by atoms with van der Waals surface area (Å²) < 4.78 is 0. The number of piperazine rings is 1. The zero-order chi connectivity index (χ0) is 25.7. The monoisotopic (exact) mass is 525 g/mol. The Hall–Kier alpha value is -2.11. The molecule has 0 bridgehead atoms. The van der Waals surface area contributed by atoms with Crippen LogP contribution in [-0.2, 0) is 17.6 Å². The summed E-state index contributed by atoms with van der Waals surface area (Å²) in [5, 5.41) is 3.56. The molecule has 1 saturated heterocycles. The summed E-state index contributed by atoms with van der Waals surface area (Å²) in [6.07, 6.45) is 4.66. The molecule has 2 N–H and O–H groups in total. The highest BCUT2D eigenvalue weighted by molar-refractivity contribution is 6.42. The number of carbonyl (C=O) groups is 1. The molecule has 0 radical (unpaired) electrons. The molecule has 0 spiro atoms. The van der Waals surface area contributed by atoms with Gasteiger partial charge in [0.2, 0.25) is 5.91 Å². The number of carbonyl (C=O) groups excluding carboxylic acids is 1. The first-order chi connectivity index (χ1) is 17.4. The highest BCUT2D eigenvalue weighted by Gasteiger charge is 2.35. The highest BCUT2D eigenvalue weighted by Crippen LogP contribution is 2.25. The fourth-order valence-electron chi connectivity index (χ4n) is 5.25. The Kier molecular flexibility index (Phi) is 9.30. The second-order valence-corrected chi connectivity index (χ2v) is 10.9. The summed E-state index contributed by atoms with van der Waals surface area (Å²) in [5.41, 5.74) is 8.81. The average Bonchev–Trinajstić information content (AvgIpc) is 2.88. The van der Waals surface area contributed by atoms with Crippen LogP contribution < -0.4 is 5.73 Å². The fourth-order valence-corrected chi connectivity index (χ4v) is 5.58. The van der Waals surface area contributed by atoms with Crippen LogP contribution in [0.4, 0.5) is 0 Å². The highest BCUT2D eigenvalue weighted by atomic mass is 35.5. The standard InChI is InChI=1S/C30H37Cl2N3O/c1-3-4-9-26-20-34(15-14-22-11-13-27(31)28(32)17-22)21(2)19-35(26)30(36)29(33)18-23-10-12-24-7-5-6-8-25(24)16-23/h5-8,10-13,16-17,21,26,29H,3-4,9,14-15,18-20,33H2,1-2H3/t21-,26+,29?/m1/s1. The molecule has 3 atom stereocenters. The zero-order valence-electron chi connectivity index (χ0n) is 21.3. The predicted molar refractivity (Wildman–Crippen MR) is 152 cm³/mol. The Morgan fingerprint density at radius 1 is 1.00 bits per heavy atom. The topological polar surface area (TPSA) is 49.6 Å². The van der Waals surface area contributed by atoms with Gasteiger partial charge in [-0.15, -0.1) is 0 Å². The Labute approximate surface area is 225 Å². The van der Waals surface area contributed by atoms with Crippen molar-refractivity contribution in [2.24, 2.45) is 5.73 Å². The minimum atomic E-state index is -0.537. The molecule has 0 saturated carbocycles. The Balaban J connectivity index is 1.41. The second kappa shape index (κ2) is 12.4. The van der Waals surface area contributed by atoms with Crippen molar-refractivity contribution in [2.45, 2.75) is 64.1 Å². The molecule has 1 heterocycles. The minimum absolute atomic E-state index is 0.0697. The molecule has 3 aromatic carbocycles. The number of nitrogens with two attached hydrogens (primary N) is 1. The molecule has 4 nitrogen and oxygen atoms in total. The lowest BCUT2D eigenvalue weighted by Crippen LogP contribution is -2.62. The Bertz CT molecular complexity index is 1180. The average molecular weight is 527 g/mol. The van der Waals surface area contributed by atoms with E-state index in [2.05, 4.69) is 54.0 Å². The van der Waals surface area contributed by atoms with Gasteiger partial charge in [-0.05, 0) is 60.2 Å². The summed E-state index contributed by atoms with van der Waals surface area (Å²) >= 11 is 12.3. The van der Waals surface area contributed by atoms with Crippen molar-refractivity contribution < 1.29 is 4.79 Å². The van der Waals surface area contributed by atoms with E-state index in [1.807, 2.05) is 30.3 Å². The quantitative estimate of drug-likeness (QED) is 0.354. The third-order valence-corrected chi connectivity index (χ3v) is 8.14. The van der Waals surface area contributed by atoms with Gasteiger partial charge in [-0.25, -0.2) is 0 Å².